The Hall–Kier alpha value is -2.26. The molecule has 2 aromatic heterocycles. The van der Waals surface area contributed by atoms with Crippen LogP contribution < -0.4 is 5.56 Å². The van der Waals surface area contributed by atoms with Gasteiger partial charge in [-0.3, -0.25) is 14.0 Å². The Kier molecular flexibility index (Phi) is 3.67. The minimum Gasteiger partial charge on any atom is -0.479 e. The number of nitrogens with zero attached hydrogens (tertiary/aromatic N) is 3. The van der Waals surface area contributed by atoms with Crippen LogP contribution in [-0.2, 0) is 9.53 Å². The van der Waals surface area contributed by atoms with Gasteiger partial charge in [-0.15, -0.1) is 11.3 Å². The van der Waals surface area contributed by atoms with Crippen molar-refractivity contribution in [3.63, 3.8) is 0 Å². The smallest absolute Gasteiger partial charge is 0.334 e. The maximum Gasteiger partial charge on any atom is 0.334 e. The van der Waals surface area contributed by atoms with Crippen molar-refractivity contribution in [3.8, 4) is 0 Å². The average molecular weight is 323 g/mol. The van der Waals surface area contributed by atoms with Gasteiger partial charge in [-0.25, -0.2) is 9.78 Å². The van der Waals surface area contributed by atoms with Crippen LogP contribution >= 0.6 is 11.3 Å². The van der Waals surface area contributed by atoms with E-state index in [4.69, 9.17) is 9.84 Å². The van der Waals surface area contributed by atoms with Crippen LogP contribution in [0.2, 0.25) is 0 Å². The van der Waals surface area contributed by atoms with Crippen molar-refractivity contribution in [1.82, 2.24) is 14.3 Å². The summed E-state index contributed by atoms with van der Waals surface area (Å²) in [5.41, 5.74) is -0.531. The van der Waals surface area contributed by atoms with E-state index in [-0.39, 0.29) is 18.7 Å². The summed E-state index contributed by atoms with van der Waals surface area (Å²) < 4.78 is 6.56. The standard InChI is InChI=1S/C13H13N3O5S/c1-7-5-15(6-9(21-7)12(19)20)10(17)8-4-14-13-16(11(8)18)2-3-22-13/h2-4,7,9H,5-6H2,1H3,(H,19,20)/t7-,9?/m1/s1. The first-order chi connectivity index (χ1) is 10.5. The van der Waals surface area contributed by atoms with Gasteiger partial charge < -0.3 is 14.7 Å². The Morgan fingerprint density at radius 3 is 2.95 bits per heavy atom. The Labute approximate surface area is 128 Å². The van der Waals surface area contributed by atoms with Gasteiger partial charge >= 0.3 is 5.97 Å². The van der Waals surface area contributed by atoms with Crippen LogP contribution in [0, 0.1) is 0 Å². The van der Waals surface area contributed by atoms with Gasteiger partial charge in [0.15, 0.2) is 11.1 Å². The lowest BCUT2D eigenvalue weighted by Gasteiger charge is -2.34. The summed E-state index contributed by atoms with van der Waals surface area (Å²) in [7, 11) is 0. The molecule has 2 aromatic rings. The summed E-state index contributed by atoms with van der Waals surface area (Å²) in [6.45, 7) is 1.82. The minimum absolute atomic E-state index is 0.0749. The van der Waals surface area contributed by atoms with Gasteiger partial charge in [0, 0.05) is 24.3 Å². The fourth-order valence-electron chi connectivity index (χ4n) is 2.40. The van der Waals surface area contributed by atoms with Crippen molar-refractivity contribution in [2.24, 2.45) is 0 Å². The van der Waals surface area contributed by atoms with Gasteiger partial charge in [0.25, 0.3) is 11.5 Å². The lowest BCUT2D eigenvalue weighted by atomic mass is 10.2. The first-order valence-electron chi connectivity index (χ1n) is 6.60. The highest BCUT2D eigenvalue weighted by molar-refractivity contribution is 7.15. The molecule has 0 aliphatic carbocycles. The molecule has 0 saturated carbocycles. The van der Waals surface area contributed by atoms with Crippen molar-refractivity contribution >= 4 is 28.2 Å². The van der Waals surface area contributed by atoms with Crippen molar-refractivity contribution in [3.05, 3.63) is 33.7 Å². The molecule has 1 fully saturated rings. The number of carboxylic acid groups (broad SMARTS) is 1. The fraction of sp³-hybridized carbons (Fsp3) is 0.385. The molecular weight excluding hydrogens is 310 g/mol. The lowest BCUT2D eigenvalue weighted by molar-refractivity contribution is -0.160. The van der Waals surface area contributed by atoms with Crippen LogP contribution in [0.1, 0.15) is 17.3 Å². The van der Waals surface area contributed by atoms with Crippen molar-refractivity contribution in [1.29, 1.82) is 0 Å². The van der Waals surface area contributed by atoms with E-state index in [9.17, 15) is 14.4 Å². The van der Waals surface area contributed by atoms with E-state index >= 15 is 0 Å². The number of ether oxygens (including phenoxy) is 1. The number of carboxylic acids is 1. The quantitative estimate of drug-likeness (QED) is 0.839. The molecule has 8 nitrogen and oxygen atoms in total. The molecule has 1 aliphatic heterocycles. The second-order valence-electron chi connectivity index (χ2n) is 5.02. The second-order valence-corrected chi connectivity index (χ2v) is 5.89. The van der Waals surface area contributed by atoms with Gasteiger partial charge in [0.1, 0.15) is 5.56 Å². The summed E-state index contributed by atoms with van der Waals surface area (Å²) in [6.07, 6.45) is 1.29. The molecular formula is C13H13N3O5S. The molecule has 116 valence electrons. The third-order valence-corrected chi connectivity index (χ3v) is 4.17. The normalized spacial score (nSPS) is 22.0. The number of rotatable bonds is 2. The number of hydrogen-bond acceptors (Lipinski definition) is 6. The third kappa shape index (κ3) is 2.48. The van der Waals surface area contributed by atoms with E-state index in [1.807, 2.05) is 0 Å². The monoisotopic (exact) mass is 323 g/mol. The van der Waals surface area contributed by atoms with Gasteiger partial charge in [-0.2, -0.15) is 0 Å². The number of thiazole rings is 1. The average Bonchev–Trinajstić information content (AvgIpc) is 2.95. The highest BCUT2D eigenvalue weighted by Gasteiger charge is 2.34. The Bertz CT molecular complexity index is 798. The summed E-state index contributed by atoms with van der Waals surface area (Å²) in [5.74, 6) is -1.66. The Morgan fingerprint density at radius 2 is 2.23 bits per heavy atom. The molecule has 9 heteroatoms. The Balaban J connectivity index is 1.93. The number of carbonyl (C=O) groups is 2. The fourth-order valence-corrected chi connectivity index (χ4v) is 3.07. The van der Waals surface area contributed by atoms with E-state index in [0.717, 1.165) is 0 Å². The highest BCUT2D eigenvalue weighted by Crippen LogP contribution is 2.14. The van der Waals surface area contributed by atoms with E-state index in [1.54, 1.807) is 18.5 Å². The number of fused-ring (bicyclic) bond motifs is 1. The third-order valence-electron chi connectivity index (χ3n) is 3.40. The first kappa shape index (κ1) is 14.7. The largest absolute Gasteiger partial charge is 0.479 e. The molecule has 0 spiro atoms. The van der Waals surface area contributed by atoms with Crippen molar-refractivity contribution in [2.75, 3.05) is 13.1 Å². The molecule has 1 aliphatic rings. The summed E-state index contributed by atoms with van der Waals surface area (Å²) in [4.78, 5) is 41.8. The molecule has 0 aromatic carbocycles. The number of carbonyl (C=O) groups excluding carboxylic acids is 1. The predicted molar refractivity (Wildman–Crippen MR) is 77.2 cm³/mol. The summed E-state index contributed by atoms with van der Waals surface area (Å²) in [5, 5.41) is 10.8. The second kappa shape index (κ2) is 5.50. The maximum atomic E-state index is 12.5. The molecule has 22 heavy (non-hydrogen) atoms. The van der Waals surface area contributed by atoms with E-state index < -0.39 is 29.6 Å². The van der Waals surface area contributed by atoms with Crippen LogP contribution in [0.4, 0.5) is 0 Å². The maximum absolute atomic E-state index is 12.5. The Morgan fingerprint density at radius 1 is 1.45 bits per heavy atom. The summed E-state index contributed by atoms with van der Waals surface area (Å²) in [6, 6.07) is 0. The lowest BCUT2D eigenvalue weighted by Crippen LogP contribution is -2.52. The highest BCUT2D eigenvalue weighted by atomic mass is 32.1. The molecule has 1 amide bonds. The minimum atomic E-state index is -1.13. The summed E-state index contributed by atoms with van der Waals surface area (Å²) >= 11 is 1.29. The van der Waals surface area contributed by atoms with E-state index in [2.05, 4.69) is 4.98 Å². The van der Waals surface area contributed by atoms with Crippen molar-refractivity contribution < 1.29 is 19.4 Å². The predicted octanol–water partition coefficient (Wildman–Crippen LogP) is 0.0701. The molecule has 3 rings (SSSR count). The van der Waals surface area contributed by atoms with Crippen LogP contribution in [-0.4, -0.2) is 56.6 Å². The number of aromatic nitrogens is 2. The molecule has 3 heterocycles. The van der Waals surface area contributed by atoms with Gasteiger partial charge in [0.05, 0.1) is 12.6 Å². The van der Waals surface area contributed by atoms with Gasteiger partial charge in [-0.1, -0.05) is 0 Å². The van der Waals surface area contributed by atoms with Gasteiger partial charge in [-0.05, 0) is 6.92 Å². The first-order valence-corrected chi connectivity index (χ1v) is 7.47. The molecule has 0 radical (unpaired) electrons. The zero-order valence-corrected chi connectivity index (χ0v) is 12.4. The van der Waals surface area contributed by atoms with Crippen LogP contribution in [0.5, 0.6) is 0 Å². The van der Waals surface area contributed by atoms with Crippen LogP contribution in [0.25, 0.3) is 4.96 Å². The molecule has 2 atom stereocenters. The van der Waals surface area contributed by atoms with Crippen LogP contribution in [0.3, 0.4) is 0 Å². The molecule has 1 unspecified atom stereocenters. The molecule has 0 bridgehead atoms. The number of aliphatic carboxylic acids is 1. The van der Waals surface area contributed by atoms with Crippen LogP contribution in [0.15, 0.2) is 22.6 Å². The number of morpholine rings is 1. The number of hydrogen-bond donors (Lipinski definition) is 1. The number of amides is 1. The van der Waals surface area contributed by atoms with Crippen molar-refractivity contribution in [2.45, 2.75) is 19.1 Å². The topological polar surface area (TPSA) is 101 Å². The van der Waals surface area contributed by atoms with Gasteiger partial charge in [0.2, 0.25) is 0 Å². The zero-order chi connectivity index (χ0) is 15.9. The SMILES string of the molecule is C[C@@H]1CN(C(=O)c2cnc3sccn3c2=O)CC(C(=O)O)O1. The molecule has 1 saturated heterocycles. The van der Waals surface area contributed by atoms with E-state index in [0.29, 0.717) is 4.96 Å². The molecule has 1 N–H and O–H groups in total. The van der Waals surface area contributed by atoms with E-state index in [1.165, 1.54) is 26.8 Å². The zero-order valence-electron chi connectivity index (χ0n) is 11.6.